The monoisotopic (exact) mass is 362 g/mol. The number of hydrogen-bond acceptors (Lipinski definition) is 6. The Bertz CT molecular complexity index is 802. The number of aryl methyl sites for hydroxylation is 2. The van der Waals surface area contributed by atoms with Gasteiger partial charge >= 0.3 is 0 Å². The summed E-state index contributed by atoms with van der Waals surface area (Å²) >= 11 is 0. The number of benzene rings is 1. The van der Waals surface area contributed by atoms with Crippen LogP contribution in [0, 0.1) is 13.8 Å². The first kappa shape index (κ1) is 18.3. The average Bonchev–Trinajstić information content (AvgIpc) is 2.61. The minimum Gasteiger partial charge on any atom is -0.390 e. The Kier molecular flexibility index (Phi) is 4.89. The molecule has 1 saturated heterocycles. The Morgan fingerprint density at radius 1 is 1.17 bits per heavy atom. The Morgan fingerprint density at radius 2 is 1.78 bits per heavy atom. The van der Waals surface area contributed by atoms with E-state index in [0.29, 0.717) is 5.56 Å². The Hall–Kier alpha value is -1.00. The predicted molar refractivity (Wildman–Crippen MR) is 87.1 cm³/mol. The van der Waals surface area contributed by atoms with Crippen LogP contribution in [-0.4, -0.2) is 69.1 Å². The quantitative estimate of drug-likeness (QED) is 0.754. The van der Waals surface area contributed by atoms with E-state index >= 15 is 0 Å². The average molecular weight is 362 g/mol. The first-order chi connectivity index (χ1) is 10.5. The van der Waals surface area contributed by atoms with Crippen LogP contribution in [0.2, 0.25) is 0 Å². The standard InChI is InChI=1S/C14H22N2O5S2/c1-10-5-6-14(11(2)7-10)23(20,21)16(15(3)4)12-8-22(18,19)9-13(12)17/h5-7,12-13,17H,8-9H2,1-4H3/t12-,13+/m1/s1. The Balaban J connectivity index is 2.53. The molecule has 0 aromatic heterocycles. The lowest BCUT2D eigenvalue weighted by Gasteiger charge is -2.34. The first-order valence-electron chi connectivity index (χ1n) is 7.13. The molecule has 0 spiro atoms. The summed E-state index contributed by atoms with van der Waals surface area (Å²) in [5, 5.41) is 11.4. The molecule has 0 radical (unpaired) electrons. The largest absolute Gasteiger partial charge is 0.390 e. The van der Waals surface area contributed by atoms with Gasteiger partial charge in [0, 0.05) is 14.1 Å². The maximum Gasteiger partial charge on any atom is 0.256 e. The summed E-state index contributed by atoms with van der Waals surface area (Å²) in [5.41, 5.74) is 1.51. The van der Waals surface area contributed by atoms with Crippen molar-refractivity contribution in [2.24, 2.45) is 0 Å². The molecule has 1 aromatic carbocycles. The van der Waals surface area contributed by atoms with E-state index in [0.717, 1.165) is 9.98 Å². The van der Waals surface area contributed by atoms with Gasteiger partial charge in [0.15, 0.2) is 9.84 Å². The zero-order valence-electron chi connectivity index (χ0n) is 13.6. The summed E-state index contributed by atoms with van der Waals surface area (Å²) in [4.78, 5) is 0.105. The smallest absolute Gasteiger partial charge is 0.256 e. The molecular weight excluding hydrogens is 340 g/mol. The fourth-order valence-corrected chi connectivity index (χ4v) is 6.67. The summed E-state index contributed by atoms with van der Waals surface area (Å²) in [5.74, 6) is -0.819. The number of hydrogen-bond donors (Lipinski definition) is 1. The molecule has 0 amide bonds. The van der Waals surface area contributed by atoms with Gasteiger partial charge in [0.2, 0.25) is 0 Å². The summed E-state index contributed by atoms with van der Waals surface area (Å²) < 4.78 is 50.5. The number of sulfonamides is 1. The van der Waals surface area contributed by atoms with E-state index in [4.69, 9.17) is 0 Å². The molecule has 1 aliphatic heterocycles. The summed E-state index contributed by atoms with van der Waals surface area (Å²) in [6.07, 6.45) is -1.25. The van der Waals surface area contributed by atoms with Gasteiger partial charge in [-0.25, -0.2) is 21.8 Å². The third kappa shape index (κ3) is 3.58. The molecule has 2 atom stereocenters. The number of hydrazine groups is 1. The van der Waals surface area contributed by atoms with Crippen molar-refractivity contribution in [3.63, 3.8) is 0 Å². The van der Waals surface area contributed by atoms with Gasteiger partial charge in [-0.3, -0.25) is 0 Å². The number of nitrogens with zero attached hydrogens (tertiary/aromatic N) is 2. The number of aliphatic hydroxyl groups excluding tert-OH is 1. The van der Waals surface area contributed by atoms with E-state index in [1.54, 1.807) is 19.1 Å². The molecule has 23 heavy (non-hydrogen) atoms. The van der Waals surface area contributed by atoms with Crippen molar-refractivity contribution < 1.29 is 21.9 Å². The third-order valence-electron chi connectivity index (χ3n) is 3.83. The predicted octanol–water partition coefficient (Wildman–Crippen LogP) is -0.0714. The fourth-order valence-electron chi connectivity index (χ4n) is 2.90. The summed E-state index contributed by atoms with van der Waals surface area (Å²) in [6.45, 7) is 3.55. The highest BCUT2D eigenvalue weighted by Gasteiger charge is 2.46. The Morgan fingerprint density at radius 3 is 2.22 bits per heavy atom. The maximum atomic E-state index is 13.0. The molecule has 0 bridgehead atoms. The van der Waals surface area contributed by atoms with E-state index in [1.165, 1.54) is 25.2 Å². The van der Waals surface area contributed by atoms with Crippen LogP contribution in [-0.2, 0) is 19.9 Å². The minimum atomic E-state index is -3.98. The van der Waals surface area contributed by atoms with E-state index in [9.17, 15) is 21.9 Å². The molecule has 7 nitrogen and oxygen atoms in total. The van der Waals surface area contributed by atoms with Gasteiger partial charge in [0.05, 0.1) is 28.5 Å². The molecule has 1 fully saturated rings. The van der Waals surface area contributed by atoms with Crippen LogP contribution in [0.25, 0.3) is 0 Å². The number of sulfone groups is 1. The van der Waals surface area contributed by atoms with Gasteiger partial charge in [-0.15, -0.1) is 4.41 Å². The van der Waals surface area contributed by atoms with Gasteiger partial charge in [0.25, 0.3) is 10.0 Å². The number of rotatable bonds is 4. The maximum absolute atomic E-state index is 13.0. The van der Waals surface area contributed by atoms with Crippen LogP contribution < -0.4 is 0 Å². The zero-order valence-corrected chi connectivity index (χ0v) is 15.2. The van der Waals surface area contributed by atoms with Crippen LogP contribution in [0.3, 0.4) is 0 Å². The second-order valence-corrected chi connectivity index (χ2v) is 10.0. The van der Waals surface area contributed by atoms with Crippen molar-refractivity contribution in [3.05, 3.63) is 29.3 Å². The van der Waals surface area contributed by atoms with Gasteiger partial charge in [-0.05, 0) is 25.5 Å². The zero-order chi connectivity index (χ0) is 17.6. The topological polar surface area (TPSA) is 95.0 Å². The van der Waals surface area contributed by atoms with Crippen LogP contribution in [0.1, 0.15) is 11.1 Å². The highest BCUT2D eigenvalue weighted by molar-refractivity contribution is 7.92. The molecule has 9 heteroatoms. The normalized spacial score (nSPS) is 24.5. The molecule has 0 aliphatic carbocycles. The van der Waals surface area contributed by atoms with Crippen molar-refractivity contribution in [3.8, 4) is 0 Å². The van der Waals surface area contributed by atoms with E-state index in [-0.39, 0.29) is 4.90 Å². The molecular formula is C14H22N2O5S2. The van der Waals surface area contributed by atoms with E-state index in [1.807, 2.05) is 6.92 Å². The van der Waals surface area contributed by atoms with Gasteiger partial charge in [0.1, 0.15) is 0 Å². The highest BCUT2D eigenvalue weighted by atomic mass is 32.2. The molecule has 0 saturated carbocycles. The SMILES string of the molecule is Cc1ccc(S(=O)(=O)N([C@@H]2CS(=O)(=O)C[C@@H]2O)N(C)C)c(C)c1. The van der Waals surface area contributed by atoms with Crippen molar-refractivity contribution in [2.45, 2.75) is 30.9 Å². The van der Waals surface area contributed by atoms with Crippen LogP contribution in [0.5, 0.6) is 0 Å². The minimum absolute atomic E-state index is 0.105. The molecule has 1 aromatic rings. The first-order valence-corrected chi connectivity index (χ1v) is 10.4. The summed E-state index contributed by atoms with van der Waals surface area (Å²) in [7, 11) is -4.42. The molecule has 2 rings (SSSR count). The summed E-state index contributed by atoms with van der Waals surface area (Å²) in [6, 6.07) is 3.92. The molecule has 0 unspecified atom stereocenters. The van der Waals surface area contributed by atoms with E-state index < -0.39 is 43.5 Å². The molecule has 1 N–H and O–H groups in total. The van der Waals surface area contributed by atoms with Gasteiger partial charge in [-0.1, -0.05) is 17.7 Å². The van der Waals surface area contributed by atoms with Crippen molar-refractivity contribution >= 4 is 19.9 Å². The number of aliphatic hydroxyl groups is 1. The Labute approximate surface area is 137 Å². The third-order valence-corrected chi connectivity index (χ3v) is 7.63. The lowest BCUT2D eigenvalue weighted by molar-refractivity contribution is 0.0271. The van der Waals surface area contributed by atoms with E-state index in [2.05, 4.69) is 0 Å². The van der Waals surface area contributed by atoms with Crippen LogP contribution >= 0.6 is 0 Å². The van der Waals surface area contributed by atoms with Crippen LogP contribution in [0.4, 0.5) is 0 Å². The highest BCUT2D eigenvalue weighted by Crippen LogP contribution is 2.28. The van der Waals surface area contributed by atoms with Crippen molar-refractivity contribution in [1.82, 2.24) is 9.42 Å². The second-order valence-electron chi connectivity index (χ2n) is 6.11. The molecule has 130 valence electrons. The fraction of sp³-hybridized carbons (Fsp3) is 0.571. The molecule has 1 heterocycles. The molecule has 1 aliphatic rings. The van der Waals surface area contributed by atoms with Gasteiger partial charge < -0.3 is 5.11 Å². The van der Waals surface area contributed by atoms with Crippen LogP contribution in [0.15, 0.2) is 23.1 Å². The second kappa shape index (κ2) is 6.14. The van der Waals surface area contributed by atoms with Crippen molar-refractivity contribution in [2.75, 3.05) is 25.6 Å². The van der Waals surface area contributed by atoms with Crippen molar-refractivity contribution in [1.29, 1.82) is 0 Å². The van der Waals surface area contributed by atoms with Gasteiger partial charge in [-0.2, -0.15) is 0 Å². The lowest BCUT2D eigenvalue weighted by atomic mass is 10.2. The lowest BCUT2D eigenvalue weighted by Crippen LogP contribution is -2.53.